The van der Waals surface area contributed by atoms with Crippen LogP contribution >= 0.6 is 0 Å². The van der Waals surface area contributed by atoms with Crippen LogP contribution in [0.15, 0.2) is 0 Å². The molecule has 0 aromatic heterocycles. The fourth-order valence-corrected chi connectivity index (χ4v) is 2.89. The number of Topliss-reactive ketones (excluding diaryl/α,β-unsaturated/α-hetero) is 1. The van der Waals surface area contributed by atoms with Gasteiger partial charge in [-0.2, -0.15) is 0 Å². The number of hydrogen-bond donors (Lipinski definition) is 0. The molecule has 0 radical (unpaired) electrons. The van der Waals surface area contributed by atoms with E-state index >= 15 is 0 Å². The molecule has 0 N–H and O–H groups in total. The van der Waals surface area contributed by atoms with Gasteiger partial charge in [0.1, 0.15) is 5.78 Å². The van der Waals surface area contributed by atoms with Crippen molar-refractivity contribution >= 4 is 5.78 Å². The lowest BCUT2D eigenvalue weighted by atomic mass is 9.95. The second kappa shape index (κ2) is 4.62. The average Bonchev–Trinajstić information content (AvgIpc) is 2.20. The van der Waals surface area contributed by atoms with Crippen LogP contribution in [0, 0.1) is 0 Å². The zero-order chi connectivity index (χ0) is 10.8. The number of likely N-dealkylation sites (tertiary alicyclic amines) is 2. The first kappa shape index (κ1) is 11.1. The van der Waals surface area contributed by atoms with E-state index in [4.69, 9.17) is 0 Å². The van der Waals surface area contributed by atoms with Crippen LogP contribution in [-0.4, -0.2) is 54.3 Å². The molecule has 3 heteroatoms. The highest BCUT2D eigenvalue weighted by Gasteiger charge is 2.30. The van der Waals surface area contributed by atoms with Gasteiger partial charge in [0, 0.05) is 31.5 Å². The van der Waals surface area contributed by atoms with Gasteiger partial charge in [0.25, 0.3) is 0 Å². The maximum absolute atomic E-state index is 11.3. The maximum Gasteiger partial charge on any atom is 0.135 e. The fraction of sp³-hybridized carbons (Fsp3) is 0.917. The Bertz CT molecular complexity index is 234. The summed E-state index contributed by atoms with van der Waals surface area (Å²) >= 11 is 0. The number of nitrogens with zero attached hydrogens (tertiary/aromatic N) is 2. The van der Waals surface area contributed by atoms with Crippen LogP contribution in [0.4, 0.5) is 0 Å². The van der Waals surface area contributed by atoms with Gasteiger partial charge in [-0.05, 0) is 39.9 Å². The van der Waals surface area contributed by atoms with Gasteiger partial charge in [-0.15, -0.1) is 0 Å². The Balaban J connectivity index is 1.90. The van der Waals surface area contributed by atoms with Gasteiger partial charge in [0.15, 0.2) is 0 Å². The molecule has 0 aromatic rings. The minimum absolute atomic E-state index is 0.451. The van der Waals surface area contributed by atoms with Crippen molar-refractivity contribution in [1.29, 1.82) is 0 Å². The molecule has 2 fully saturated rings. The van der Waals surface area contributed by atoms with Crippen molar-refractivity contribution in [3.8, 4) is 0 Å². The highest BCUT2D eigenvalue weighted by molar-refractivity contribution is 5.79. The van der Waals surface area contributed by atoms with Gasteiger partial charge in [-0.25, -0.2) is 0 Å². The fourth-order valence-electron chi connectivity index (χ4n) is 2.89. The summed E-state index contributed by atoms with van der Waals surface area (Å²) in [5.74, 6) is 0.451. The lowest BCUT2D eigenvalue weighted by Crippen LogP contribution is -2.50. The normalized spacial score (nSPS) is 32.1. The van der Waals surface area contributed by atoms with E-state index < -0.39 is 0 Å². The molecule has 0 spiro atoms. The predicted octanol–water partition coefficient (Wildman–Crippen LogP) is 1.13. The van der Waals surface area contributed by atoms with Crippen molar-refractivity contribution in [2.24, 2.45) is 0 Å². The molecule has 0 bridgehead atoms. The minimum atomic E-state index is 0.451. The van der Waals surface area contributed by atoms with Gasteiger partial charge < -0.3 is 4.90 Å². The highest BCUT2D eigenvalue weighted by Crippen LogP contribution is 2.23. The SMILES string of the molecule is CC1CC(=O)CCN1C1CCN(C)CC1. The standard InChI is InChI=1S/C12H22N2O/c1-10-9-12(15)5-8-14(10)11-3-6-13(2)7-4-11/h10-11H,3-9H2,1-2H3. The van der Waals surface area contributed by atoms with Crippen molar-refractivity contribution in [1.82, 2.24) is 9.80 Å². The number of piperidine rings is 2. The molecule has 2 aliphatic heterocycles. The van der Waals surface area contributed by atoms with Crippen LogP contribution in [0.2, 0.25) is 0 Å². The minimum Gasteiger partial charge on any atom is -0.306 e. The summed E-state index contributed by atoms with van der Waals surface area (Å²) < 4.78 is 0. The third-order valence-electron chi connectivity index (χ3n) is 3.90. The van der Waals surface area contributed by atoms with Crippen molar-refractivity contribution in [3.05, 3.63) is 0 Å². The molecule has 86 valence electrons. The summed E-state index contributed by atoms with van der Waals surface area (Å²) in [7, 11) is 2.19. The molecule has 0 aromatic carbocycles. The first-order valence-corrected chi connectivity index (χ1v) is 6.13. The lowest BCUT2D eigenvalue weighted by Gasteiger charge is -2.42. The molecule has 2 rings (SSSR count). The lowest BCUT2D eigenvalue weighted by molar-refractivity contribution is -0.123. The molecule has 2 saturated heterocycles. The Kier molecular flexibility index (Phi) is 3.42. The van der Waals surface area contributed by atoms with Gasteiger partial charge in [-0.3, -0.25) is 9.69 Å². The number of carbonyl (C=O) groups excluding carboxylic acids is 1. The van der Waals surface area contributed by atoms with Crippen LogP contribution in [0.1, 0.15) is 32.6 Å². The molecule has 1 atom stereocenters. The Hall–Kier alpha value is -0.410. The Labute approximate surface area is 92.4 Å². The Morgan fingerprint density at radius 2 is 1.87 bits per heavy atom. The molecule has 2 aliphatic rings. The van der Waals surface area contributed by atoms with E-state index in [1.54, 1.807) is 0 Å². The molecule has 0 aliphatic carbocycles. The molecular weight excluding hydrogens is 188 g/mol. The largest absolute Gasteiger partial charge is 0.306 e. The number of rotatable bonds is 1. The van der Waals surface area contributed by atoms with E-state index in [2.05, 4.69) is 23.8 Å². The van der Waals surface area contributed by atoms with Crippen LogP contribution < -0.4 is 0 Å². The van der Waals surface area contributed by atoms with Crippen LogP contribution in [0.25, 0.3) is 0 Å². The summed E-state index contributed by atoms with van der Waals surface area (Å²) in [5.41, 5.74) is 0. The van der Waals surface area contributed by atoms with Gasteiger partial charge in [0.05, 0.1) is 0 Å². The summed E-state index contributed by atoms with van der Waals surface area (Å²) in [4.78, 5) is 16.3. The topological polar surface area (TPSA) is 23.6 Å². The molecule has 0 amide bonds. The summed E-state index contributed by atoms with van der Waals surface area (Å²) in [5, 5.41) is 0. The third kappa shape index (κ3) is 2.58. The number of carbonyl (C=O) groups is 1. The van der Waals surface area contributed by atoms with E-state index in [0.29, 0.717) is 11.8 Å². The van der Waals surface area contributed by atoms with Crippen molar-refractivity contribution in [2.75, 3.05) is 26.7 Å². The molecule has 2 heterocycles. The molecule has 0 saturated carbocycles. The molecule has 3 nitrogen and oxygen atoms in total. The first-order valence-electron chi connectivity index (χ1n) is 6.13. The Morgan fingerprint density at radius 3 is 2.47 bits per heavy atom. The van der Waals surface area contributed by atoms with Gasteiger partial charge in [0.2, 0.25) is 0 Å². The zero-order valence-electron chi connectivity index (χ0n) is 9.91. The van der Waals surface area contributed by atoms with E-state index in [1.165, 1.54) is 25.9 Å². The van der Waals surface area contributed by atoms with E-state index in [0.717, 1.165) is 25.4 Å². The van der Waals surface area contributed by atoms with Crippen molar-refractivity contribution in [3.63, 3.8) is 0 Å². The quantitative estimate of drug-likeness (QED) is 0.648. The van der Waals surface area contributed by atoms with Crippen LogP contribution in [-0.2, 0) is 4.79 Å². The Morgan fingerprint density at radius 1 is 1.20 bits per heavy atom. The highest BCUT2D eigenvalue weighted by atomic mass is 16.1. The van der Waals surface area contributed by atoms with Crippen molar-refractivity contribution < 1.29 is 4.79 Å². The predicted molar refractivity (Wildman–Crippen MR) is 60.9 cm³/mol. The number of ketones is 1. The van der Waals surface area contributed by atoms with E-state index in [9.17, 15) is 4.79 Å². The van der Waals surface area contributed by atoms with Crippen molar-refractivity contribution in [2.45, 2.75) is 44.7 Å². The number of hydrogen-bond acceptors (Lipinski definition) is 3. The van der Waals surface area contributed by atoms with Gasteiger partial charge in [-0.1, -0.05) is 0 Å². The summed E-state index contributed by atoms with van der Waals surface area (Å²) in [6, 6.07) is 1.20. The molecular formula is C12H22N2O. The summed E-state index contributed by atoms with van der Waals surface area (Å²) in [6.07, 6.45) is 4.09. The van der Waals surface area contributed by atoms with E-state index in [1.807, 2.05) is 0 Å². The van der Waals surface area contributed by atoms with Gasteiger partial charge >= 0.3 is 0 Å². The molecule has 1 unspecified atom stereocenters. The van der Waals surface area contributed by atoms with Crippen LogP contribution in [0.3, 0.4) is 0 Å². The monoisotopic (exact) mass is 210 g/mol. The average molecular weight is 210 g/mol. The van der Waals surface area contributed by atoms with E-state index in [-0.39, 0.29) is 0 Å². The summed E-state index contributed by atoms with van der Waals surface area (Å²) in [6.45, 7) is 5.62. The third-order valence-corrected chi connectivity index (χ3v) is 3.90. The first-order chi connectivity index (χ1) is 7.16. The second-order valence-electron chi connectivity index (χ2n) is 5.11. The maximum atomic E-state index is 11.3. The zero-order valence-corrected chi connectivity index (χ0v) is 9.91. The van der Waals surface area contributed by atoms with Crippen LogP contribution in [0.5, 0.6) is 0 Å². The smallest absolute Gasteiger partial charge is 0.135 e. The second-order valence-corrected chi connectivity index (χ2v) is 5.11. The molecule has 15 heavy (non-hydrogen) atoms.